The predicted octanol–water partition coefficient (Wildman–Crippen LogP) is 8.52. The van der Waals surface area contributed by atoms with E-state index in [1.165, 1.54) is 11.3 Å². The van der Waals surface area contributed by atoms with Gasteiger partial charge in [0.1, 0.15) is 36.1 Å². The number of carbonyl (C=O) groups excluding carboxylic acids is 2. The van der Waals surface area contributed by atoms with Crippen molar-refractivity contribution in [1.29, 1.82) is 0 Å². The molecule has 1 amide bonds. The van der Waals surface area contributed by atoms with E-state index in [0.29, 0.717) is 58.6 Å². The van der Waals surface area contributed by atoms with Gasteiger partial charge in [-0.2, -0.15) is 0 Å². The minimum Gasteiger partial charge on any atom is -0.490 e. The van der Waals surface area contributed by atoms with E-state index >= 15 is 0 Å². The Morgan fingerprint density at radius 2 is 1.62 bits per heavy atom. The van der Waals surface area contributed by atoms with E-state index in [4.69, 9.17) is 24.3 Å². The molecular formula is C44H42N4O7S. The smallest absolute Gasteiger partial charge is 0.358 e. The number of esters is 1. The van der Waals surface area contributed by atoms with E-state index in [9.17, 15) is 14.4 Å². The summed E-state index contributed by atoms with van der Waals surface area (Å²) >= 11 is 1.44. The molecule has 0 unspecified atom stereocenters. The van der Waals surface area contributed by atoms with Crippen molar-refractivity contribution in [2.75, 3.05) is 30.0 Å². The van der Waals surface area contributed by atoms with Crippen molar-refractivity contribution in [2.24, 2.45) is 0 Å². The number of benzene rings is 4. The van der Waals surface area contributed by atoms with Gasteiger partial charge in [0, 0.05) is 24.2 Å². The molecule has 12 heteroatoms. The number of carbonyl (C=O) groups is 3. The average Bonchev–Trinajstić information content (AvgIpc) is 3.58. The van der Waals surface area contributed by atoms with Crippen LogP contribution in [0.15, 0.2) is 97.1 Å². The number of anilines is 2. The second-order valence-corrected chi connectivity index (χ2v) is 15.5. The summed E-state index contributed by atoms with van der Waals surface area (Å²) in [6, 6.07) is 30.0. The van der Waals surface area contributed by atoms with Gasteiger partial charge in [0.15, 0.2) is 10.8 Å². The quantitative estimate of drug-likeness (QED) is 0.0920. The van der Waals surface area contributed by atoms with Crippen LogP contribution < -0.4 is 19.7 Å². The first kappa shape index (κ1) is 38.0. The standard InChI is InChI=1S/C44H42N4O7S/c1-27-31(10-8-13-36(27)54-24-23-53-30-17-15-28(16-18-30)25-39(49)50)32-19-20-38(46-40(32)42(52)55-44(2,3)4)48-22-21-29-9-7-11-33(34(29)26-48)41(51)47-43-45-35-12-5-6-14-37(35)56-43/h5-20H,21-26H2,1-4H3,(H,49,50)(H,45,47,51). The number of hydrogen-bond donors (Lipinski definition) is 2. The number of nitrogens with one attached hydrogen (secondary N) is 1. The molecule has 11 nitrogen and oxygen atoms in total. The molecule has 1 aliphatic rings. The topological polar surface area (TPSA) is 140 Å². The first-order valence-corrected chi connectivity index (χ1v) is 19.2. The van der Waals surface area contributed by atoms with Gasteiger partial charge in [-0.15, -0.1) is 0 Å². The summed E-state index contributed by atoms with van der Waals surface area (Å²) in [6.07, 6.45) is 0.648. The van der Waals surface area contributed by atoms with Crippen LogP contribution in [-0.2, 0) is 28.9 Å². The second kappa shape index (κ2) is 16.2. The fourth-order valence-corrected chi connectivity index (χ4v) is 7.52. The number of aromatic nitrogens is 2. The van der Waals surface area contributed by atoms with Gasteiger partial charge in [0.2, 0.25) is 0 Å². The summed E-state index contributed by atoms with van der Waals surface area (Å²) in [7, 11) is 0. The number of hydrogen-bond acceptors (Lipinski definition) is 10. The van der Waals surface area contributed by atoms with E-state index < -0.39 is 17.5 Å². The number of fused-ring (bicyclic) bond motifs is 2. The third kappa shape index (κ3) is 8.82. The predicted molar refractivity (Wildman–Crippen MR) is 217 cm³/mol. The van der Waals surface area contributed by atoms with Crippen molar-refractivity contribution in [2.45, 2.75) is 52.7 Å². The molecule has 0 saturated heterocycles. The number of carboxylic acid groups (broad SMARTS) is 1. The summed E-state index contributed by atoms with van der Waals surface area (Å²) in [5, 5.41) is 12.5. The van der Waals surface area contributed by atoms with Gasteiger partial charge in [-0.05, 0) is 110 Å². The van der Waals surface area contributed by atoms with Crippen molar-refractivity contribution in [3.05, 3.63) is 131 Å². The Labute approximate surface area is 328 Å². The molecular weight excluding hydrogens is 729 g/mol. The largest absolute Gasteiger partial charge is 0.490 e. The molecule has 2 aromatic heterocycles. The van der Waals surface area contributed by atoms with Gasteiger partial charge in [-0.1, -0.05) is 59.9 Å². The van der Waals surface area contributed by atoms with Gasteiger partial charge in [-0.25, -0.2) is 14.8 Å². The van der Waals surface area contributed by atoms with Crippen molar-refractivity contribution in [3.8, 4) is 22.6 Å². The van der Waals surface area contributed by atoms with Crippen LogP contribution in [0.2, 0.25) is 0 Å². The first-order chi connectivity index (χ1) is 26.9. The molecule has 1 aliphatic heterocycles. The highest BCUT2D eigenvalue weighted by atomic mass is 32.1. The number of nitrogens with zero attached hydrogens (tertiary/aromatic N) is 3. The normalized spacial score (nSPS) is 12.5. The summed E-state index contributed by atoms with van der Waals surface area (Å²) in [6.45, 7) is 9.00. The number of carboxylic acids is 1. The number of pyridine rings is 1. The van der Waals surface area contributed by atoms with Crippen molar-refractivity contribution in [3.63, 3.8) is 0 Å². The lowest BCUT2D eigenvalue weighted by Gasteiger charge is -2.31. The minimum absolute atomic E-state index is 0.0480. The number of rotatable bonds is 12. The molecule has 0 aliphatic carbocycles. The molecule has 56 heavy (non-hydrogen) atoms. The summed E-state index contributed by atoms with van der Waals surface area (Å²) in [5.74, 6) is 0.183. The molecule has 0 fully saturated rings. The minimum atomic E-state index is -0.888. The maximum absolute atomic E-state index is 13.8. The molecule has 7 rings (SSSR count). The Balaban J connectivity index is 1.11. The average molecular weight is 771 g/mol. The Morgan fingerprint density at radius 1 is 0.857 bits per heavy atom. The van der Waals surface area contributed by atoms with Crippen LogP contribution in [0.1, 0.15) is 63.9 Å². The molecule has 0 saturated carbocycles. The van der Waals surface area contributed by atoms with Crippen LogP contribution in [0.3, 0.4) is 0 Å². The lowest BCUT2D eigenvalue weighted by Crippen LogP contribution is -2.33. The molecule has 6 aromatic rings. The fraction of sp³-hybridized carbons (Fsp3) is 0.250. The van der Waals surface area contributed by atoms with Crippen LogP contribution in [0.25, 0.3) is 21.3 Å². The number of amides is 1. The summed E-state index contributed by atoms with van der Waals surface area (Å²) in [4.78, 5) is 50.1. The number of aliphatic carboxylic acids is 1. The maximum atomic E-state index is 13.8. The summed E-state index contributed by atoms with van der Waals surface area (Å²) in [5.41, 5.74) is 5.73. The zero-order chi connectivity index (χ0) is 39.4. The highest BCUT2D eigenvalue weighted by Crippen LogP contribution is 2.35. The Morgan fingerprint density at radius 3 is 2.39 bits per heavy atom. The summed E-state index contributed by atoms with van der Waals surface area (Å²) < 4.78 is 18.8. The second-order valence-electron chi connectivity index (χ2n) is 14.5. The SMILES string of the molecule is Cc1c(OCCOc2ccc(CC(=O)O)cc2)cccc1-c1ccc(N2CCc3cccc(C(=O)Nc4nc5ccccc5s4)c3C2)nc1C(=O)OC(C)(C)C. The first-order valence-electron chi connectivity index (χ1n) is 18.4. The fourth-order valence-electron chi connectivity index (χ4n) is 6.66. The number of thiazole rings is 1. The highest BCUT2D eigenvalue weighted by molar-refractivity contribution is 7.22. The molecule has 0 bridgehead atoms. The number of para-hydroxylation sites is 1. The van der Waals surface area contributed by atoms with Crippen LogP contribution in [-0.4, -0.2) is 58.3 Å². The van der Waals surface area contributed by atoms with Crippen molar-refractivity contribution >= 4 is 50.3 Å². The Kier molecular flexibility index (Phi) is 11.0. The van der Waals surface area contributed by atoms with Crippen LogP contribution in [0, 0.1) is 6.92 Å². The zero-order valence-corrected chi connectivity index (χ0v) is 32.4. The number of ether oxygens (including phenoxy) is 3. The van der Waals surface area contributed by atoms with Crippen LogP contribution in [0.5, 0.6) is 11.5 Å². The van der Waals surface area contributed by atoms with Crippen molar-refractivity contribution in [1.82, 2.24) is 9.97 Å². The zero-order valence-electron chi connectivity index (χ0n) is 31.6. The monoisotopic (exact) mass is 770 g/mol. The van der Waals surface area contributed by atoms with Crippen molar-refractivity contribution < 1.29 is 33.7 Å². The molecule has 3 heterocycles. The molecule has 0 atom stereocenters. The molecule has 286 valence electrons. The Bertz CT molecular complexity index is 2390. The van der Waals surface area contributed by atoms with E-state index in [2.05, 4.69) is 21.3 Å². The van der Waals surface area contributed by atoms with Gasteiger partial charge in [-0.3, -0.25) is 14.9 Å². The van der Waals surface area contributed by atoms with Gasteiger partial charge >= 0.3 is 11.9 Å². The molecule has 0 spiro atoms. The van der Waals surface area contributed by atoms with Crippen LogP contribution in [0.4, 0.5) is 10.9 Å². The molecule has 0 radical (unpaired) electrons. The lowest BCUT2D eigenvalue weighted by atomic mass is 9.94. The third-order valence-electron chi connectivity index (χ3n) is 9.29. The third-order valence-corrected chi connectivity index (χ3v) is 10.2. The molecule has 2 N–H and O–H groups in total. The van der Waals surface area contributed by atoms with E-state index in [-0.39, 0.29) is 31.2 Å². The highest BCUT2D eigenvalue weighted by Gasteiger charge is 2.28. The van der Waals surface area contributed by atoms with E-state index in [1.807, 2.05) is 94.4 Å². The van der Waals surface area contributed by atoms with Gasteiger partial charge in [0.05, 0.1) is 16.6 Å². The van der Waals surface area contributed by atoms with E-state index in [0.717, 1.165) is 32.5 Å². The van der Waals surface area contributed by atoms with Gasteiger partial charge in [0.25, 0.3) is 5.91 Å². The lowest BCUT2D eigenvalue weighted by molar-refractivity contribution is -0.136. The Hall–Kier alpha value is -6.27. The van der Waals surface area contributed by atoms with Gasteiger partial charge < -0.3 is 24.2 Å². The molecule has 4 aromatic carbocycles. The maximum Gasteiger partial charge on any atom is 0.358 e. The van der Waals surface area contributed by atoms with E-state index in [1.54, 1.807) is 24.3 Å². The van der Waals surface area contributed by atoms with Crippen LogP contribution >= 0.6 is 11.3 Å².